The third kappa shape index (κ3) is 3.63. The highest BCUT2D eigenvalue weighted by Crippen LogP contribution is 2.35. The van der Waals surface area contributed by atoms with Crippen molar-refractivity contribution in [2.45, 2.75) is 6.92 Å². The Morgan fingerprint density at radius 1 is 1.14 bits per heavy atom. The minimum Gasteiger partial charge on any atom is -0.865 e. The molecule has 10 heteroatoms. The molecule has 0 aromatic heterocycles. The van der Waals surface area contributed by atoms with Gasteiger partial charge in [0.2, 0.25) is 0 Å². The maximum atomic E-state index is 12.8. The molecular weight excluding hydrogens is 382 g/mol. The van der Waals surface area contributed by atoms with Crippen LogP contribution in [0.3, 0.4) is 0 Å². The summed E-state index contributed by atoms with van der Waals surface area (Å²) in [7, 11) is 1.16. The van der Waals surface area contributed by atoms with E-state index in [1.807, 2.05) is 6.92 Å². The van der Waals surface area contributed by atoms with Crippen LogP contribution >= 0.6 is 0 Å². The van der Waals surface area contributed by atoms with Crippen molar-refractivity contribution >= 4 is 35.3 Å². The first-order chi connectivity index (χ1) is 13.7. The van der Waals surface area contributed by atoms with Crippen molar-refractivity contribution in [2.75, 3.05) is 12.0 Å². The molecule has 0 bridgehead atoms. The normalized spacial score (nSPS) is 15.4. The fourth-order valence-corrected chi connectivity index (χ4v) is 2.73. The summed E-state index contributed by atoms with van der Waals surface area (Å²) < 4.78 is 4.84. The van der Waals surface area contributed by atoms with Crippen molar-refractivity contribution in [1.29, 1.82) is 0 Å². The number of rotatable bonds is 4. The number of hydrogen-bond donors (Lipinski definition) is 1. The van der Waals surface area contributed by atoms with E-state index in [9.17, 15) is 29.6 Å². The van der Waals surface area contributed by atoms with Gasteiger partial charge in [-0.3, -0.25) is 25.0 Å². The summed E-state index contributed by atoms with van der Waals surface area (Å²) in [5.41, 5.74) is -0.0334. The monoisotopic (exact) mass is 396 g/mol. The second-order valence-corrected chi connectivity index (χ2v) is 6.12. The molecule has 2 aromatic carbocycles. The van der Waals surface area contributed by atoms with Gasteiger partial charge in [-0.25, -0.2) is 9.69 Å². The van der Waals surface area contributed by atoms with E-state index in [2.05, 4.69) is 5.32 Å². The Balaban J connectivity index is 2.08. The number of carbonyl (C=O) groups is 3. The largest absolute Gasteiger partial charge is 0.865 e. The van der Waals surface area contributed by atoms with E-state index < -0.39 is 39.8 Å². The molecule has 0 radical (unpaired) electrons. The molecule has 1 aliphatic heterocycles. The van der Waals surface area contributed by atoms with Gasteiger partial charge in [0.25, 0.3) is 17.5 Å². The van der Waals surface area contributed by atoms with Crippen LogP contribution in [0.15, 0.2) is 42.0 Å². The summed E-state index contributed by atoms with van der Waals surface area (Å²) in [6.45, 7) is 1.83. The number of methoxy groups -OCH3 is 1. The number of nitrogens with one attached hydrogen (secondary N) is 1. The number of hydrogen-bond acceptors (Lipinski definition) is 7. The highest BCUT2D eigenvalue weighted by Gasteiger charge is 2.36. The number of nitrogens with zero attached hydrogens (tertiary/aromatic N) is 2. The van der Waals surface area contributed by atoms with Crippen LogP contribution in [0.1, 0.15) is 11.1 Å². The van der Waals surface area contributed by atoms with Crippen molar-refractivity contribution < 1.29 is 29.2 Å². The molecule has 0 saturated carbocycles. The summed E-state index contributed by atoms with van der Waals surface area (Å²) >= 11 is 0. The number of nitro benzene ring substituents is 1. The van der Waals surface area contributed by atoms with Crippen LogP contribution in [0.25, 0.3) is 6.08 Å². The maximum absolute atomic E-state index is 12.8. The molecule has 0 unspecified atom stereocenters. The zero-order valence-corrected chi connectivity index (χ0v) is 15.3. The fraction of sp³-hybridized carbons (Fsp3) is 0.105. The van der Waals surface area contributed by atoms with Gasteiger partial charge in [-0.1, -0.05) is 17.7 Å². The first kappa shape index (κ1) is 19.5. The lowest BCUT2D eigenvalue weighted by atomic mass is 10.1. The molecule has 1 saturated heterocycles. The second-order valence-electron chi connectivity index (χ2n) is 6.12. The van der Waals surface area contributed by atoms with E-state index in [0.717, 1.165) is 35.8 Å². The molecule has 0 aliphatic carbocycles. The van der Waals surface area contributed by atoms with Gasteiger partial charge >= 0.3 is 6.03 Å². The molecule has 0 spiro atoms. The third-order valence-electron chi connectivity index (χ3n) is 4.18. The van der Waals surface area contributed by atoms with Crippen molar-refractivity contribution in [1.82, 2.24) is 5.32 Å². The quantitative estimate of drug-likeness (QED) is 0.358. The highest BCUT2D eigenvalue weighted by atomic mass is 16.6. The van der Waals surface area contributed by atoms with Gasteiger partial charge in [0, 0.05) is 11.8 Å². The van der Waals surface area contributed by atoms with Crippen LogP contribution in [0, 0.1) is 17.0 Å². The maximum Gasteiger partial charge on any atom is 0.335 e. The van der Waals surface area contributed by atoms with Crippen LogP contribution in [0.4, 0.5) is 16.2 Å². The summed E-state index contributed by atoms with van der Waals surface area (Å²) in [6.07, 6.45) is 1.06. The third-order valence-corrected chi connectivity index (χ3v) is 4.18. The Bertz CT molecular complexity index is 1070. The number of benzene rings is 2. The second kappa shape index (κ2) is 7.43. The van der Waals surface area contributed by atoms with Crippen LogP contribution in [-0.4, -0.2) is 29.9 Å². The smallest absolute Gasteiger partial charge is 0.335 e. The topological polar surface area (TPSA) is 142 Å². The number of amides is 4. The number of anilines is 1. The zero-order chi connectivity index (χ0) is 21.3. The van der Waals surface area contributed by atoms with Crippen LogP contribution < -0.4 is 20.1 Å². The van der Waals surface area contributed by atoms with E-state index in [0.29, 0.717) is 0 Å². The molecular formula is C19H14N3O7-. The number of aryl methyl sites for hydroxylation is 1. The number of imide groups is 2. The van der Waals surface area contributed by atoms with Gasteiger partial charge in [-0.05, 0) is 36.8 Å². The summed E-state index contributed by atoms with van der Waals surface area (Å²) in [4.78, 5) is 48.2. The lowest BCUT2D eigenvalue weighted by molar-refractivity contribution is -0.398. The Morgan fingerprint density at radius 3 is 2.38 bits per heavy atom. The minimum atomic E-state index is -0.962. The van der Waals surface area contributed by atoms with Gasteiger partial charge in [0.05, 0.1) is 17.7 Å². The Labute approximate surface area is 164 Å². The number of urea groups is 1. The summed E-state index contributed by atoms with van der Waals surface area (Å²) in [6, 6.07) is 7.63. The molecule has 1 fully saturated rings. The SMILES string of the molecule is COc1cc(/C=C2/C(=O)NC(=O)N(c3ccc(C)cc3)C2=O)cc([N+](=O)[O-])c1[O-]. The first-order valence-corrected chi connectivity index (χ1v) is 8.24. The average molecular weight is 396 g/mol. The van der Waals surface area contributed by atoms with Crippen LogP contribution in [-0.2, 0) is 9.59 Å². The minimum absolute atomic E-state index is 0.0184. The predicted molar refractivity (Wildman–Crippen MR) is 99.3 cm³/mol. The first-order valence-electron chi connectivity index (χ1n) is 8.24. The highest BCUT2D eigenvalue weighted by molar-refractivity contribution is 6.39. The zero-order valence-electron chi connectivity index (χ0n) is 15.3. The molecule has 3 rings (SSSR count). The summed E-state index contributed by atoms with van der Waals surface area (Å²) in [5.74, 6) is -3.12. The lowest BCUT2D eigenvalue weighted by Gasteiger charge is -2.26. The van der Waals surface area contributed by atoms with Gasteiger partial charge in [-0.15, -0.1) is 0 Å². The van der Waals surface area contributed by atoms with Gasteiger partial charge in [-0.2, -0.15) is 0 Å². The molecule has 2 aromatic rings. The Hall–Kier alpha value is -4.21. The average Bonchev–Trinajstić information content (AvgIpc) is 2.67. The lowest BCUT2D eigenvalue weighted by Crippen LogP contribution is -2.54. The van der Waals surface area contributed by atoms with Crippen molar-refractivity contribution in [3.05, 3.63) is 63.2 Å². The standard InChI is InChI=1S/C19H15N3O7/c1-10-3-5-12(6-4-10)21-18(25)13(17(24)20-19(21)26)7-11-8-14(22(27)28)16(23)15(9-11)29-2/h3-9,23H,1-2H3,(H,20,24,26)/p-1/b13-7-. The van der Waals surface area contributed by atoms with E-state index in [1.54, 1.807) is 24.3 Å². The number of nitro groups is 1. The predicted octanol–water partition coefficient (Wildman–Crippen LogP) is 1.65. The van der Waals surface area contributed by atoms with Gasteiger partial charge < -0.3 is 9.84 Å². The van der Waals surface area contributed by atoms with Crippen LogP contribution in [0.2, 0.25) is 0 Å². The molecule has 10 nitrogen and oxygen atoms in total. The molecule has 1 N–H and O–H groups in total. The molecule has 1 aliphatic rings. The summed E-state index contributed by atoms with van der Waals surface area (Å²) in [5, 5.41) is 25.1. The van der Waals surface area contributed by atoms with Crippen molar-refractivity contribution in [3.8, 4) is 11.5 Å². The molecule has 1 heterocycles. The molecule has 148 valence electrons. The fourth-order valence-electron chi connectivity index (χ4n) is 2.73. The Kier molecular flexibility index (Phi) is 5.01. The van der Waals surface area contributed by atoms with Crippen molar-refractivity contribution in [2.24, 2.45) is 0 Å². The number of carbonyl (C=O) groups excluding carboxylic acids is 3. The number of ether oxygens (including phenoxy) is 1. The van der Waals surface area contributed by atoms with Crippen LogP contribution in [0.5, 0.6) is 11.5 Å². The van der Waals surface area contributed by atoms with E-state index in [4.69, 9.17) is 4.74 Å². The van der Waals surface area contributed by atoms with Gasteiger partial charge in [0.15, 0.2) is 0 Å². The van der Waals surface area contributed by atoms with E-state index in [-0.39, 0.29) is 17.0 Å². The van der Waals surface area contributed by atoms with E-state index >= 15 is 0 Å². The number of barbiturate groups is 1. The van der Waals surface area contributed by atoms with Gasteiger partial charge in [0.1, 0.15) is 11.3 Å². The van der Waals surface area contributed by atoms with E-state index in [1.165, 1.54) is 0 Å². The molecule has 0 atom stereocenters. The Morgan fingerprint density at radius 2 is 1.79 bits per heavy atom. The molecule has 4 amide bonds. The molecule has 29 heavy (non-hydrogen) atoms. The van der Waals surface area contributed by atoms with Crippen molar-refractivity contribution in [3.63, 3.8) is 0 Å².